The summed E-state index contributed by atoms with van der Waals surface area (Å²) in [4.78, 5) is 40.8. The van der Waals surface area contributed by atoms with Gasteiger partial charge in [-0.05, 0) is 49.4 Å². The number of hydrogen-bond donors (Lipinski definition) is 2. The van der Waals surface area contributed by atoms with Crippen molar-refractivity contribution in [2.45, 2.75) is 37.0 Å². The maximum atomic E-state index is 13.5. The Morgan fingerprint density at radius 3 is 2.59 bits per heavy atom. The smallest absolute Gasteiger partial charge is 0.259 e. The molecule has 0 saturated heterocycles. The molecule has 7 nitrogen and oxygen atoms in total. The number of anilines is 1. The Labute approximate surface area is 233 Å². The summed E-state index contributed by atoms with van der Waals surface area (Å²) in [6.07, 6.45) is 3.01. The number of rotatable bonds is 6. The molecule has 0 unspecified atom stereocenters. The van der Waals surface area contributed by atoms with Crippen LogP contribution in [0.15, 0.2) is 70.5 Å². The Morgan fingerprint density at radius 2 is 1.85 bits per heavy atom. The molecular formula is C30H23N5O2S2. The van der Waals surface area contributed by atoms with Gasteiger partial charge in [0.15, 0.2) is 0 Å². The summed E-state index contributed by atoms with van der Waals surface area (Å²) in [5.41, 5.74) is 4.15. The predicted molar refractivity (Wildman–Crippen MR) is 155 cm³/mol. The molecule has 9 heteroatoms. The van der Waals surface area contributed by atoms with Crippen molar-refractivity contribution in [1.82, 2.24) is 15.0 Å². The number of H-pyrrole nitrogens is 1. The van der Waals surface area contributed by atoms with Crippen LogP contribution < -0.4 is 10.9 Å². The highest BCUT2D eigenvalue weighted by molar-refractivity contribution is 7.98. The van der Waals surface area contributed by atoms with E-state index in [2.05, 4.69) is 16.4 Å². The first-order valence-electron chi connectivity index (χ1n) is 12.6. The van der Waals surface area contributed by atoms with Crippen molar-refractivity contribution >= 4 is 44.9 Å². The lowest BCUT2D eigenvalue weighted by Gasteiger charge is -2.17. The lowest BCUT2D eigenvalue weighted by Crippen LogP contribution is -2.17. The van der Waals surface area contributed by atoms with Crippen LogP contribution in [0.1, 0.15) is 44.3 Å². The van der Waals surface area contributed by atoms with E-state index >= 15 is 0 Å². The van der Waals surface area contributed by atoms with Gasteiger partial charge in [0.05, 0.1) is 28.0 Å². The van der Waals surface area contributed by atoms with Gasteiger partial charge in [0.25, 0.3) is 11.5 Å². The van der Waals surface area contributed by atoms with Gasteiger partial charge in [0.2, 0.25) is 0 Å². The number of nitriles is 1. The third-order valence-corrected chi connectivity index (χ3v) is 8.92. The molecule has 3 aromatic heterocycles. The number of carbonyl (C=O) groups is 1. The summed E-state index contributed by atoms with van der Waals surface area (Å²) >= 11 is 2.93. The molecule has 6 rings (SSSR count). The molecule has 5 aromatic rings. The zero-order valence-corrected chi connectivity index (χ0v) is 22.7. The van der Waals surface area contributed by atoms with Crippen LogP contribution in [0, 0.1) is 18.3 Å². The van der Waals surface area contributed by atoms with Crippen molar-refractivity contribution in [1.29, 1.82) is 5.26 Å². The van der Waals surface area contributed by atoms with Crippen LogP contribution in [-0.2, 0) is 18.6 Å². The van der Waals surface area contributed by atoms with E-state index in [1.165, 1.54) is 16.6 Å². The minimum Gasteiger partial charge on any atom is -0.322 e. The van der Waals surface area contributed by atoms with Gasteiger partial charge in [-0.1, -0.05) is 60.3 Å². The predicted octanol–water partition coefficient (Wildman–Crippen LogP) is 6.26. The molecule has 0 bridgehead atoms. The molecule has 1 amide bonds. The zero-order chi connectivity index (χ0) is 26.9. The standard InChI is InChI=1S/C30H23N5O2S2/c1-17-24(27(36)33-19-11-6-3-7-12-19)25(18-9-4-2-5-10-18)21(15-31)29(32-17)38-16-23-34-28(37)26-20-13-8-14-22(20)39-30(26)35-23/h2-7,9-12H,8,13-14,16H2,1H3,(H,33,36)(H,34,35,37). The number of aromatic nitrogens is 3. The SMILES string of the molecule is Cc1nc(SCc2nc3sc4c(c3c(=O)[nH]2)CCC4)c(C#N)c(-c2ccccc2)c1C(=O)Nc1ccccc1. The van der Waals surface area contributed by atoms with E-state index in [1.807, 2.05) is 60.7 Å². The van der Waals surface area contributed by atoms with E-state index in [0.717, 1.165) is 35.2 Å². The second kappa shape index (κ2) is 10.5. The van der Waals surface area contributed by atoms with E-state index in [9.17, 15) is 14.9 Å². The number of thioether (sulfide) groups is 1. The van der Waals surface area contributed by atoms with Crippen LogP contribution in [0.3, 0.4) is 0 Å². The van der Waals surface area contributed by atoms with Crippen molar-refractivity contribution in [3.63, 3.8) is 0 Å². The second-order valence-electron chi connectivity index (χ2n) is 9.26. The molecule has 192 valence electrons. The maximum Gasteiger partial charge on any atom is 0.259 e. The number of aryl methyl sites for hydroxylation is 3. The van der Waals surface area contributed by atoms with Gasteiger partial charge in [0, 0.05) is 16.1 Å². The number of hydrogen-bond acceptors (Lipinski definition) is 7. The van der Waals surface area contributed by atoms with E-state index in [4.69, 9.17) is 9.97 Å². The highest BCUT2D eigenvalue weighted by atomic mass is 32.2. The second-order valence-corrected chi connectivity index (χ2v) is 11.3. The molecule has 1 aliphatic rings. The summed E-state index contributed by atoms with van der Waals surface area (Å²) in [5, 5.41) is 14.4. The molecule has 0 fully saturated rings. The summed E-state index contributed by atoms with van der Waals surface area (Å²) in [6.45, 7) is 1.77. The zero-order valence-electron chi connectivity index (χ0n) is 21.1. The molecule has 0 aliphatic heterocycles. The Bertz CT molecular complexity index is 1820. The number of pyridine rings is 1. The number of benzene rings is 2. The van der Waals surface area contributed by atoms with E-state index in [0.29, 0.717) is 50.1 Å². The number of thiophene rings is 1. The molecule has 3 heterocycles. The molecule has 39 heavy (non-hydrogen) atoms. The fraction of sp³-hybridized carbons (Fsp3) is 0.167. The Kier molecular flexibility index (Phi) is 6.73. The van der Waals surface area contributed by atoms with Crippen molar-refractivity contribution in [2.24, 2.45) is 0 Å². The molecule has 2 N–H and O–H groups in total. The van der Waals surface area contributed by atoms with E-state index in [-0.39, 0.29) is 11.5 Å². The Hall–Kier alpha value is -4.26. The van der Waals surface area contributed by atoms with Gasteiger partial charge in [0.1, 0.15) is 21.7 Å². The van der Waals surface area contributed by atoms with Crippen LogP contribution in [-0.4, -0.2) is 20.9 Å². The lowest BCUT2D eigenvalue weighted by molar-refractivity contribution is 0.102. The van der Waals surface area contributed by atoms with Crippen LogP contribution in [0.2, 0.25) is 0 Å². The molecule has 0 spiro atoms. The van der Waals surface area contributed by atoms with E-state index < -0.39 is 0 Å². The van der Waals surface area contributed by atoms with Gasteiger partial charge < -0.3 is 10.3 Å². The van der Waals surface area contributed by atoms with Gasteiger partial charge in [-0.15, -0.1) is 11.3 Å². The monoisotopic (exact) mass is 549 g/mol. The van der Waals surface area contributed by atoms with Gasteiger partial charge in [-0.2, -0.15) is 5.26 Å². The molecule has 0 atom stereocenters. The minimum atomic E-state index is -0.333. The largest absolute Gasteiger partial charge is 0.322 e. The summed E-state index contributed by atoms with van der Waals surface area (Å²) in [5.74, 6) is 0.534. The quantitative estimate of drug-likeness (QED) is 0.242. The van der Waals surface area contributed by atoms with Crippen molar-refractivity contribution in [2.75, 3.05) is 5.32 Å². The van der Waals surface area contributed by atoms with Crippen LogP contribution in [0.25, 0.3) is 21.3 Å². The number of nitrogens with zero attached hydrogens (tertiary/aromatic N) is 3. The number of nitrogens with one attached hydrogen (secondary N) is 2. The maximum absolute atomic E-state index is 13.5. The third-order valence-electron chi connectivity index (χ3n) is 6.75. The Balaban J connectivity index is 1.39. The lowest BCUT2D eigenvalue weighted by atomic mass is 9.94. The molecule has 0 saturated carbocycles. The van der Waals surface area contributed by atoms with Crippen LogP contribution >= 0.6 is 23.1 Å². The summed E-state index contributed by atoms with van der Waals surface area (Å²) < 4.78 is 0. The number of fused-ring (bicyclic) bond motifs is 3. The highest BCUT2D eigenvalue weighted by Gasteiger charge is 2.25. The summed E-state index contributed by atoms with van der Waals surface area (Å²) in [7, 11) is 0. The fourth-order valence-electron chi connectivity index (χ4n) is 5.02. The van der Waals surface area contributed by atoms with Gasteiger partial charge in [-0.3, -0.25) is 9.59 Å². The summed E-state index contributed by atoms with van der Waals surface area (Å²) in [6, 6.07) is 20.9. The van der Waals surface area contributed by atoms with Crippen LogP contribution in [0.4, 0.5) is 5.69 Å². The number of para-hydroxylation sites is 1. The van der Waals surface area contributed by atoms with Crippen LogP contribution in [0.5, 0.6) is 0 Å². The van der Waals surface area contributed by atoms with Gasteiger partial charge >= 0.3 is 0 Å². The van der Waals surface area contributed by atoms with Crippen molar-refractivity contribution < 1.29 is 4.79 Å². The first kappa shape index (κ1) is 25.0. The van der Waals surface area contributed by atoms with E-state index in [1.54, 1.807) is 18.3 Å². The number of amides is 1. The average molecular weight is 550 g/mol. The van der Waals surface area contributed by atoms with Gasteiger partial charge in [-0.25, -0.2) is 9.97 Å². The highest BCUT2D eigenvalue weighted by Crippen LogP contribution is 2.37. The van der Waals surface area contributed by atoms with Crippen molar-refractivity contribution in [3.8, 4) is 17.2 Å². The molecule has 1 aliphatic carbocycles. The van der Waals surface area contributed by atoms with Crippen molar-refractivity contribution in [3.05, 3.63) is 104 Å². The molecule has 0 radical (unpaired) electrons. The number of carbonyl (C=O) groups excluding carboxylic acids is 1. The molecule has 2 aromatic carbocycles. The number of aromatic amines is 1. The first-order valence-corrected chi connectivity index (χ1v) is 14.4. The first-order chi connectivity index (χ1) is 19.0. The minimum absolute atomic E-state index is 0.113. The fourth-order valence-corrected chi connectivity index (χ4v) is 7.21. The molecular weight excluding hydrogens is 526 g/mol. The normalized spacial score (nSPS) is 12.3. The third kappa shape index (κ3) is 4.73. The Morgan fingerprint density at radius 1 is 1.10 bits per heavy atom. The average Bonchev–Trinajstić information content (AvgIpc) is 3.53. The topological polar surface area (TPSA) is 112 Å².